The fourth-order valence-electron chi connectivity index (χ4n) is 3.40. The van der Waals surface area contributed by atoms with E-state index in [9.17, 15) is 13.2 Å². The predicted octanol–water partition coefficient (Wildman–Crippen LogP) is 4.32. The Balaban J connectivity index is 0.000000339. The van der Waals surface area contributed by atoms with Crippen molar-refractivity contribution in [3.8, 4) is 22.8 Å². The van der Waals surface area contributed by atoms with Gasteiger partial charge in [0.25, 0.3) is 5.89 Å². The van der Waals surface area contributed by atoms with Gasteiger partial charge in [0.2, 0.25) is 5.82 Å². The fourth-order valence-corrected chi connectivity index (χ4v) is 4.33. The number of nitrogens with zero attached hydrogens (tertiary/aromatic N) is 3. The fraction of sp³-hybridized carbons (Fsp3) is 0.400. The molecule has 0 bridgehead atoms. The highest BCUT2D eigenvalue weighted by Crippen LogP contribution is 2.34. The first-order valence-corrected chi connectivity index (χ1v) is 10.4. The maximum Gasteiger partial charge on any atom is 0.490 e. The van der Waals surface area contributed by atoms with Gasteiger partial charge in [-0.3, -0.25) is 4.98 Å². The molecule has 0 saturated heterocycles. The first-order valence-electron chi connectivity index (χ1n) is 9.53. The molecule has 1 aliphatic heterocycles. The number of nitrogens with one attached hydrogen (secondary N) is 1. The van der Waals surface area contributed by atoms with Crippen LogP contribution in [0.5, 0.6) is 0 Å². The Morgan fingerprint density at radius 1 is 1.35 bits per heavy atom. The predicted molar refractivity (Wildman–Crippen MR) is 109 cm³/mol. The summed E-state index contributed by atoms with van der Waals surface area (Å²) in [5, 5.41) is 16.9. The van der Waals surface area contributed by atoms with Crippen molar-refractivity contribution in [1.29, 1.82) is 0 Å². The lowest BCUT2D eigenvalue weighted by atomic mass is 9.95. The molecule has 2 N–H and O–H groups in total. The lowest BCUT2D eigenvalue weighted by Crippen LogP contribution is -2.24. The summed E-state index contributed by atoms with van der Waals surface area (Å²) in [6.45, 7) is 8.13. The molecule has 11 heteroatoms. The molecular weight excluding hydrogens is 433 g/mol. The van der Waals surface area contributed by atoms with E-state index in [1.54, 1.807) is 11.3 Å². The summed E-state index contributed by atoms with van der Waals surface area (Å²) in [6.07, 6.45) is -1.19. The molecule has 0 radical (unpaired) electrons. The monoisotopic (exact) mass is 454 g/mol. The summed E-state index contributed by atoms with van der Waals surface area (Å²) < 4.78 is 37.3. The van der Waals surface area contributed by atoms with Crippen molar-refractivity contribution >= 4 is 17.3 Å². The van der Waals surface area contributed by atoms with Crippen LogP contribution in [-0.4, -0.2) is 38.9 Å². The van der Waals surface area contributed by atoms with E-state index in [0.717, 1.165) is 42.8 Å². The minimum absolute atomic E-state index is 0.608. The highest BCUT2D eigenvalue weighted by molar-refractivity contribution is 7.10. The summed E-state index contributed by atoms with van der Waals surface area (Å²) >= 11 is 1.73. The van der Waals surface area contributed by atoms with Crippen molar-refractivity contribution in [2.24, 2.45) is 0 Å². The third-order valence-electron chi connectivity index (χ3n) is 4.91. The van der Waals surface area contributed by atoms with Gasteiger partial charge in [-0.05, 0) is 49.9 Å². The zero-order valence-electron chi connectivity index (χ0n) is 17.1. The molecule has 31 heavy (non-hydrogen) atoms. The van der Waals surface area contributed by atoms with Gasteiger partial charge in [-0.2, -0.15) is 18.2 Å². The summed E-state index contributed by atoms with van der Waals surface area (Å²) in [5.74, 6) is -1.50. The van der Waals surface area contributed by atoms with E-state index in [1.165, 1.54) is 21.6 Å². The molecule has 0 aliphatic carbocycles. The third-order valence-corrected chi connectivity index (χ3v) is 5.87. The number of carbonyl (C=O) groups is 1. The van der Waals surface area contributed by atoms with Crippen LogP contribution >= 0.6 is 11.3 Å². The van der Waals surface area contributed by atoms with E-state index in [4.69, 9.17) is 19.4 Å². The number of rotatable bonds is 3. The minimum Gasteiger partial charge on any atom is -0.475 e. The highest BCUT2D eigenvalue weighted by atomic mass is 32.1. The van der Waals surface area contributed by atoms with Crippen molar-refractivity contribution < 1.29 is 27.6 Å². The Kier molecular flexibility index (Phi) is 6.75. The molecule has 0 atom stereocenters. The molecule has 166 valence electrons. The molecule has 3 aromatic rings. The number of hydrogen-bond acceptors (Lipinski definition) is 7. The number of pyridine rings is 1. The lowest BCUT2D eigenvalue weighted by Gasteiger charge is -2.19. The largest absolute Gasteiger partial charge is 0.490 e. The number of aryl methyl sites for hydroxylation is 2. The van der Waals surface area contributed by atoms with Gasteiger partial charge >= 0.3 is 12.1 Å². The number of alkyl halides is 3. The van der Waals surface area contributed by atoms with Crippen LogP contribution in [0, 0.1) is 13.8 Å². The van der Waals surface area contributed by atoms with E-state index in [0.29, 0.717) is 11.7 Å². The van der Waals surface area contributed by atoms with Crippen molar-refractivity contribution in [1.82, 2.24) is 20.4 Å². The van der Waals surface area contributed by atoms with E-state index >= 15 is 0 Å². The van der Waals surface area contributed by atoms with Gasteiger partial charge in [-0.15, -0.1) is 11.3 Å². The van der Waals surface area contributed by atoms with Crippen LogP contribution in [0.15, 0.2) is 16.1 Å². The molecule has 7 nitrogen and oxygen atoms in total. The molecule has 3 aromatic heterocycles. The summed E-state index contributed by atoms with van der Waals surface area (Å²) in [6, 6.07) is 0. The molecule has 4 heterocycles. The number of hydrogen-bond donors (Lipinski definition) is 2. The Bertz CT molecular complexity index is 1090. The molecule has 0 fully saturated rings. The van der Waals surface area contributed by atoms with Crippen LogP contribution in [0.1, 0.15) is 34.2 Å². The summed E-state index contributed by atoms with van der Waals surface area (Å²) in [7, 11) is 0. The van der Waals surface area contributed by atoms with Crippen molar-refractivity contribution in [3.63, 3.8) is 0 Å². The molecule has 0 amide bonds. The Labute approximate surface area is 180 Å². The summed E-state index contributed by atoms with van der Waals surface area (Å²) in [4.78, 5) is 19.4. The molecule has 0 saturated carbocycles. The van der Waals surface area contributed by atoms with Crippen LogP contribution in [0.3, 0.4) is 0 Å². The average molecular weight is 454 g/mol. The van der Waals surface area contributed by atoms with Gasteiger partial charge in [0.15, 0.2) is 0 Å². The van der Waals surface area contributed by atoms with Crippen LogP contribution in [0.25, 0.3) is 22.8 Å². The van der Waals surface area contributed by atoms with E-state index in [1.807, 2.05) is 13.1 Å². The number of fused-ring (bicyclic) bond motifs is 1. The lowest BCUT2D eigenvalue weighted by molar-refractivity contribution is -0.192. The van der Waals surface area contributed by atoms with E-state index in [-0.39, 0.29) is 0 Å². The molecule has 0 aromatic carbocycles. The van der Waals surface area contributed by atoms with Gasteiger partial charge in [0.05, 0.1) is 5.56 Å². The second kappa shape index (κ2) is 9.15. The Morgan fingerprint density at radius 2 is 2.06 bits per heavy atom. The minimum atomic E-state index is -5.08. The number of aliphatic carboxylic acids is 1. The Hall–Kier alpha value is -2.79. The van der Waals surface area contributed by atoms with E-state index in [2.05, 4.69) is 34.7 Å². The molecular formula is C20H21F3N4O3S. The maximum atomic E-state index is 10.6. The highest BCUT2D eigenvalue weighted by Gasteiger charge is 2.38. The second-order valence-corrected chi connectivity index (χ2v) is 8.00. The SMILES string of the molecule is CCc1c(-c2nc(-c3c(C)ncc4c3CCNC4)no2)csc1C.O=C(O)C(F)(F)F. The number of halogens is 3. The Morgan fingerprint density at radius 3 is 2.71 bits per heavy atom. The standard InChI is InChI=1S/C18H20N4OS.C2HF3O2/c1-4-13-11(3)24-9-15(13)18-21-17(22-23-18)16-10(2)20-8-12-7-19-6-5-14(12)16;3-2(4,5)1(6)7/h8-9,19H,4-7H2,1-3H3;(H,6,7). The normalized spacial score (nSPS) is 13.4. The first kappa shape index (κ1) is 22.9. The number of thiophene rings is 1. The summed E-state index contributed by atoms with van der Waals surface area (Å²) in [5.41, 5.74) is 6.88. The van der Waals surface area contributed by atoms with Gasteiger partial charge in [-0.1, -0.05) is 12.1 Å². The maximum absolute atomic E-state index is 10.6. The van der Waals surface area contributed by atoms with Crippen LogP contribution < -0.4 is 5.32 Å². The van der Waals surface area contributed by atoms with Gasteiger partial charge in [0, 0.05) is 34.3 Å². The van der Waals surface area contributed by atoms with Gasteiger partial charge in [-0.25, -0.2) is 4.79 Å². The number of aromatic nitrogens is 3. The number of carboxylic acid groups (broad SMARTS) is 1. The smallest absolute Gasteiger partial charge is 0.475 e. The molecule has 1 aliphatic rings. The quantitative estimate of drug-likeness (QED) is 0.608. The van der Waals surface area contributed by atoms with Crippen LogP contribution in [0.4, 0.5) is 13.2 Å². The van der Waals surface area contributed by atoms with E-state index < -0.39 is 12.1 Å². The van der Waals surface area contributed by atoms with Crippen molar-refractivity contribution in [2.45, 2.75) is 46.3 Å². The zero-order chi connectivity index (χ0) is 22.8. The zero-order valence-corrected chi connectivity index (χ0v) is 17.9. The average Bonchev–Trinajstić information content (AvgIpc) is 3.34. The van der Waals surface area contributed by atoms with Crippen LogP contribution in [0.2, 0.25) is 0 Å². The third kappa shape index (κ3) is 4.93. The molecule has 0 unspecified atom stereocenters. The topological polar surface area (TPSA) is 101 Å². The van der Waals surface area contributed by atoms with Crippen molar-refractivity contribution in [2.75, 3.05) is 6.54 Å². The van der Waals surface area contributed by atoms with Gasteiger partial charge in [0.1, 0.15) is 0 Å². The first-order chi connectivity index (χ1) is 14.6. The number of carboxylic acids is 1. The molecule has 4 rings (SSSR count). The van der Waals surface area contributed by atoms with Crippen molar-refractivity contribution in [3.05, 3.63) is 38.8 Å². The second-order valence-electron chi connectivity index (χ2n) is 6.91. The molecule has 0 spiro atoms. The van der Waals surface area contributed by atoms with Crippen LogP contribution in [-0.2, 0) is 24.2 Å². The van der Waals surface area contributed by atoms with Gasteiger partial charge < -0.3 is 14.9 Å².